The van der Waals surface area contributed by atoms with Crippen LogP contribution < -0.4 is 5.32 Å². The summed E-state index contributed by atoms with van der Waals surface area (Å²) >= 11 is 3.78. The normalized spacial score (nSPS) is 13.0. The highest BCUT2D eigenvalue weighted by Gasteiger charge is 2.02. The molecule has 1 N–H and O–H groups in total. The molecule has 0 amide bonds. The summed E-state index contributed by atoms with van der Waals surface area (Å²) < 4.78 is 0. The molecule has 3 heteroatoms. The van der Waals surface area contributed by atoms with Crippen molar-refractivity contribution in [1.29, 1.82) is 0 Å². The Morgan fingerprint density at radius 3 is 3.07 bits per heavy atom. The summed E-state index contributed by atoms with van der Waals surface area (Å²) in [4.78, 5) is 0. The van der Waals surface area contributed by atoms with Gasteiger partial charge in [-0.1, -0.05) is 6.92 Å². The average Bonchev–Trinajstić information content (AvgIpc) is 2.65. The molecule has 0 spiro atoms. The minimum Gasteiger partial charge on any atom is -0.313 e. The van der Waals surface area contributed by atoms with Crippen LogP contribution in [0.25, 0.3) is 0 Å². The molecule has 1 aromatic rings. The zero-order chi connectivity index (χ0) is 10.2. The molecule has 0 saturated heterocycles. The lowest BCUT2D eigenvalue weighted by Gasteiger charge is -2.12. The standard InChI is InChI=1S/C11H19NS2/c1-3-13-7-5-12-10(2)8-11-4-6-14-9-11/h4,6,9-10,12H,3,5,7-8H2,1-2H3. The van der Waals surface area contributed by atoms with Gasteiger partial charge < -0.3 is 5.32 Å². The molecule has 1 heterocycles. The van der Waals surface area contributed by atoms with Crippen LogP contribution in [-0.2, 0) is 6.42 Å². The Labute approximate surface area is 95.3 Å². The number of hydrogen-bond acceptors (Lipinski definition) is 3. The van der Waals surface area contributed by atoms with Gasteiger partial charge >= 0.3 is 0 Å². The van der Waals surface area contributed by atoms with Gasteiger partial charge in [0, 0.05) is 18.3 Å². The molecule has 1 atom stereocenters. The molecule has 0 fully saturated rings. The van der Waals surface area contributed by atoms with Crippen molar-refractivity contribution < 1.29 is 0 Å². The lowest BCUT2D eigenvalue weighted by atomic mass is 10.1. The van der Waals surface area contributed by atoms with E-state index in [0.717, 1.165) is 13.0 Å². The molecule has 0 aromatic carbocycles. The Morgan fingerprint density at radius 2 is 2.43 bits per heavy atom. The Bertz CT molecular complexity index is 221. The number of rotatable bonds is 7. The molecule has 1 rings (SSSR count). The summed E-state index contributed by atoms with van der Waals surface area (Å²) in [7, 11) is 0. The van der Waals surface area contributed by atoms with Gasteiger partial charge in [-0.2, -0.15) is 23.1 Å². The van der Waals surface area contributed by atoms with Crippen molar-refractivity contribution in [3.63, 3.8) is 0 Å². The first-order valence-corrected chi connectivity index (χ1v) is 7.25. The van der Waals surface area contributed by atoms with Gasteiger partial charge in [-0.05, 0) is 41.5 Å². The molecule has 0 radical (unpaired) electrons. The Balaban J connectivity index is 2.07. The topological polar surface area (TPSA) is 12.0 Å². The fourth-order valence-electron chi connectivity index (χ4n) is 1.36. The van der Waals surface area contributed by atoms with E-state index < -0.39 is 0 Å². The second-order valence-electron chi connectivity index (χ2n) is 3.39. The molecule has 0 saturated carbocycles. The third-order valence-corrected chi connectivity index (χ3v) is 3.70. The molecule has 1 aromatic heterocycles. The third kappa shape index (κ3) is 5.03. The smallest absolute Gasteiger partial charge is 0.00797 e. The zero-order valence-corrected chi connectivity index (χ0v) is 10.6. The molecule has 1 unspecified atom stereocenters. The van der Waals surface area contributed by atoms with Crippen molar-refractivity contribution in [2.24, 2.45) is 0 Å². The van der Waals surface area contributed by atoms with E-state index >= 15 is 0 Å². The minimum absolute atomic E-state index is 0.599. The van der Waals surface area contributed by atoms with Gasteiger partial charge in [0.25, 0.3) is 0 Å². The van der Waals surface area contributed by atoms with Crippen molar-refractivity contribution >= 4 is 23.1 Å². The molecule has 0 bridgehead atoms. The first-order chi connectivity index (χ1) is 6.83. The first kappa shape index (κ1) is 12.1. The van der Waals surface area contributed by atoms with Crippen LogP contribution in [0.15, 0.2) is 16.8 Å². The van der Waals surface area contributed by atoms with Gasteiger partial charge in [-0.3, -0.25) is 0 Å². The summed E-state index contributed by atoms with van der Waals surface area (Å²) in [6, 6.07) is 2.81. The van der Waals surface area contributed by atoms with Crippen LogP contribution in [0.1, 0.15) is 19.4 Å². The molecule has 0 aliphatic rings. The van der Waals surface area contributed by atoms with Crippen molar-refractivity contribution in [3.05, 3.63) is 22.4 Å². The van der Waals surface area contributed by atoms with Crippen LogP contribution in [0.2, 0.25) is 0 Å². The average molecular weight is 229 g/mol. The summed E-state index contributed by atoms with van der Waals surface area (Å²) in [6.07, 6.45) is 1.15. The first-order valence-electron chi connectivity index (χ1n) is 5.15. The molecule has 0 aliphatic carbocycles. The Hall–Kier alpha value is 0.01000. The van der Waals surface area contributed by atoms with E-state index in [2.05, 4.69) is 36.0 Å². The maximum absolute atomic E-state index is 3.54. The van der Waals surface area contributed by atoms with Gasteiger partial charge in [-0.15, -0.1) is 0 Å². The van der Waals surface area contributed by atoms with Crippen LogP contribution in [0, 0.1) is 0 Å². The number of nitrogens with one attached hydrogen (secondary N) is 1. The summed E-state index contributed by atoms with van der Waals surface area (Å²) in [5, 5.41) is 7.92. The summed E-state index contributed by atoms with van der Waals surface area (Å²) in [5.74, 6) is 2.45. The monoisotopic (exact) mass is 229 g/mol. The van der Waals surface area contributed by atoms with Gasteiger partial charge in [0.15, 0.2) is 0 Å². The van der Waals surface area contributed by atoms with E-state index in [-0.39, 0.29) is 0 Å². The predicted octanol–water partition coefficient (Wildman–Crippen LogP) is 3.02. The highest BCUT2D eigenvalue weighted by atomic mass is 32.2. The van der Waals surface area contributed by atoms with E-state index in [1.54, 1.807) is 11.3 Å². The summed E-state index contributed by atoms with van der Waals surface area (Å²) in [6.45, 7) is 5.59. The molecule has 14 heavy (non-hydrogen) atoms. The summed E-state index contributed by atoms with van der Waals surface area (Å²) in [5.41, 5.74) is 1.46. The zero-order valence-electron chi connectivity index (χ0n) is 8.95. The number of thiophene rings is 1. The van der Waals surface area contributed by atoms with Crippen LogP contribution in [0.5, 0.6) is 0 Å². The van der Waals surface area contributed by atoms with Gasteiger partial charge in [0.2, 0.25) is 0 Å². The van der Waals surface area contributed by atoms with Gasteiger partial charge in [0.05, 0.1) is 0 Å². The molecule has 1 nitrogen and oxygen atoms in total. The molecular formula is C11H19NS2. The maximum atomic E-state index is 3.54. The van der Waals surface area contributed by atoms with E-state index in [0.29, 0.717) is 6.04 Å². The van der Waals surface area contributed by atoms with E-state index in [1.807, 2.05) is 11.8 Å². The molecule has 80 valence electrons. The van der Waals surface area contributed by atoms with E-state index in [1.165, 1.54) is 17.1 Å². The SMILES string of the molecule is CCSCCNC(C)Cc1ccsc1. The minimum atomic E-state index is 0.599. The highest BCUT2D eigenvalue weighted by Crippen LogP contribution is 2.08. The van der Waals surface area contributed by atoms with Crippen LogP contribution in [0.3, 0.4) is 0 Å². The lowest BCUT2D eigenvalue weighted by Crippen LogP contribution is -2.29. The molecule has 0 aliphatic heterocycles. The largest absolute Gasteiger partial charge is 0.313 e. The second kappa shape index (κ2) is 7.32. The van der Waals surface area contributed by atoms with Crippen molar-refractivity contribution in [3.8, 4) is 0 Å². The van der Waals surface area contributed by atoms with Crippen molar-refractivity contribution in [2.75, 3.05) is 18.1 Å². The Morgan fingerprint density at radius 1 is 1.57 bits per heavy atom. The molecular weight excluding hydrogens is 210 g/mol. The van der Waals surface area contributed by atoms with Crippen LogP contribution >= 0.6 is 23.1 Å². The fraction of sp³-hybridized carbons (Fsp3) is 0.636. The van der Waals surface area contributed by atoms with Gasteiger partial charge in [0.1, 0.15) is 0 Å². The maximum Gasteiger partial charge on any atom is 0.00797 e. The number of thioether (sulfide) groups is 1. The number of hydrogen-bond donors (Lipinski definition) is 1. The lowest BCUT2D eigenvalue weighted by molar-refractivity contribution is 0.568. The highest BCUT2D eigenvalue weighted by molar-refractivity contribution is 7.99. The van der Waals surface area contributed by atoms with E-state index in [4.69, 9.17) is 0 Å². The van der Waals surface area contributed by atoms with Crippen molar-refractivity contribution in [1.82, 2.24) is 5.32 Å². The van der Waals surface area contributed by atoms with Crippen LogP contribution in [-0.4, -0.2) is 24.1 Å². The third-order valence-electron chi connectivity index (χ3n) is 2.07. The predicted molar refractivity (Wildman–Crippen MR) is 68.5 cm³/mol. The van der Waals surface area contributed by atoms with E-state index in [9.17, 15) is 0 Å². The fourth-order valence-corrected chi connectivity index (χ4v) is 2.59. The quantitative estimate of drug-likeness (QED) is 0.721. The van der Waals surface area contributed by atoms with Crippen LogP contribution in [0.4, 0.5) is 0 Å². The Kier molecular flexibility index (Phi) is 6.32. The van der Waals surface area contributed by atoms with Gasteiger partial charge in [-0.25, -0.2) is 0 Å². The van der Waals surface area contributed by atoms with Crippen molar-refractivity contribution in [2.45, 2.75) is 26.3 Å². The second-order valence-corrected chi connectivity index (χ2v) is 5.56.